The van der Waals surface area contributed by atoms with Gasteiger partial charge in [0, 0.05) is 17.8 Å². The largest absolute Gasteiger partial charge is 0.393 e. The molecule has 0 saturated heterocycles. The Morgan fingerprint density at radius 2 is 2.15 bits per heavy atom. The fourth-order valence-corrected chi connectivity index (χ4v) is 1.69. The van der Waals surface area contributed by atoms with E-state index in [0.29, 0.717) is 0 Å². The van der Waals surface area contributed by atoms with Crippen LogP contribution in [0.4, 0.5) is 17.2 Å². The van der Waals surface area contributed by atoms with Crippen LogP contribution in [0.2, 0.25) is 5.02 Å². The van der Waals surface area contributed by atoms with E-state index in [1.54, 1.807) is 12.1 Å². The lowest BCUT2D eigenvalue weighted by Crippen LogP contribution is -2.13. The highest BCUT2D eigenvalue weighted by Crippen LogP contribution is 2.23. The Bertz CT molecular complexity index is 690. The molecule has 1 heterocycles. The second-order valence-electron chi connectivity index (χ2n) is 3.82. The lowest BCUT2D eigenvalue weighted by molar-refractivity contribution is -0.383. The van der Waals surface area contributed by atoms with Crippen LogP contribution in [0.15, 0.2) is 36.5 Å². The second kappa shape index (κ2) is 5.54. The van der Waals surface area contributed by atoms with Crippen molar-refractivity contribution in [1.29, 1.82) is 0 Å². The molecule has 1 aromatic carbocycles. The highest BCUT2D eigenvalue weighted by atomic mass is 35.5. The molecule has 2 aromatic rings. The van der Waals surface area contributed by atoms with Crippen molar-refractivity contribution in [2.24, 2.45) is 0 Å². The van der Waals surface area contributed by atoms with Gasteiger partial charge in [-0.05, 0) is 24.3 Å². The van der Waals surface area contributed by atoms with Crippen LogP contribution in [-0.2, 0) is 0 Å². The van der Waals surface area contributed by atoms with Crippen molar-refractivity contribution >= 4 is 34.7 Å². The SMILES string of the molecule is Nc1cc(C(=O)Nc2ncccc2Cl)ccc1[N+](=O)[O-]. The summed E-state index contributed by atoms with van der Waals surface area (Å²) in [5, 5.41) is 13.4. The molecule has 102 valence electrons. The van der Waals surface area contributed by atoms with Crippen LogP contribution >= 0.6 is 11.6 Å². The summed E-state index contributed by atoms with van der Waals surface area (Å²) in [4.78, 5) is 25.9. The van der Waals surface area contributed by atoms with Gasteiger partial charge in [-0.1, -0.05) is 11.6 Å². The molecule has 0 aliphatic heterocycles. The van der Waals surface area contributed by atoms with Gasteiger partial charge in [0.1, 0.15) is 5.69 Å². The minimum absolute atomic E-state index is 0.0882. The number of nitrogen functional groups attached to an aromatic ring is 1. The van der Waals surface area contributed by atoms with Gasteiger partial charge in [-0.25, -0.2) is 4.98 Å². The molecule has 1 aromatic heterocycles. The molecule has 0 spiro atoms. The smallest absolute Gasteiger partial charge is 0.292 e. The van der Waals surface area contributed by atoms with Crippen molar-refractivity contribution in [2.45, 2.75) is 0 Å². The molecule has 20 heavy (non-hydrogen) atoms. The Balaban J connectivity index is 2.24. The van der Waals surface area contributed by atoms with Gasteiger partial charge in [-0.15, -0.1) is 0 Å². The first kappa shape index (κ1) is 13.8. The number of nitrogens with one attached hydrogen (secondary N) is 1. The number of nitrogens with two attached hydrogens (primary N) is 1. The summed E-state index contributed by atoms with van der Waals surface area (Å²) in [7, 11) is 0. The molecule has 8 heteroatoms. The highest BCUT2D eigenvalue weighted by Gasteiger charge is 2.15. The summed E-state index contributed by atoms with van der Waals surface area (Å²) in [6.45, 7) is 0. The number of hydrogen-bond donors (Lipinski definition) is 2. The van der Waals surface area contributed by atoms with E-state index in [1.165, 1.54) is 24.4 Å². The molecule has 0 unspecified atom stereocenters. The molecule has 1 amide bonds. The van der Waals surface area contributed by atoms with E-state index in [0.717, 1.165) is 0 Å². The van der Waals surface area contributed by atoms with Gasteiger partial charge < -0.3 is 11.1 Å². The number of nitro benzene ring substituents is 1. The van der Waals surface area contributed by atoms with Gasteiger partial charge in [-0.2, -0.15) is 0 Å². The first-order valence-corrected chi connectivity index (χ1v) is 5.82. The number of rotatable bonds is 3. The van der Waals surface area contributed by atoms with E-state index < -0.39 is 10.8 Å². The summed E-state index contributed by atoms with van der Waals surface area (Å²) in [5.41, 5.74) is 5.36. The maximum atomic E-state index is 12.0. The molecule has 2 rings (SSSR count). The van der Waals surface area contributed by atoms with Crippen molar-refractivity contribution in [1.82, 2.24) is 4.98 Å². The van der Waals surface area contributed by atoms with Crippen LogP contribution in [-0.4, -0.2) is 15.8 Å². The average Bonchev–Trinajstić information content (AvgIpc) is 2.40. The zero-order valence-corrected chi connectivity index (χ0v) is 10.8. The molecule has 0 bridgehead atoms. The normalized spacial score (nSPS) is 10.1. The highest BCUT2D eigenvalue weighted by molar-refractivity contribution is 6.33. The lowest BCUT2D eigenvalue weighted by Gasteiger charge is -2.06. The number of hydrogen-bond acceptors (Lipinski definition) is 5. The third-order valence-corrected chi connectivity index (χ3v) is 2.78. The van der Waals surface area contributed by atoms with E-state index in [-0.39, 0.29) is 27.8 Å². The third kappa shape index (κ3) is 2.83. The zero-order chi connectivity index (χ0) is 14.7. The monoisotopic (exact) mass is 292 g/mol. The number of aromatic nitrogens is 1. The minimum Gasteiger partial charge on any atom is -0.393 e. The van der Waals surface area contributed by atoms with Crippen LogP contribution in [0.1, 0.15) is 10.4 Å². The molecule has 3 N–H and O–H groups in total. The molecule has 7 nitrogen and oxygen atoms in total. The number of amides is 1. The van der Waals surface area contributed by atoms with E-state index >= 15 is 0 Å². The molecule has 0 radical (unpaired) electrons. The summed E-state index contributed by atoms with van der Waals surface area (Å²) >= 11 is 5.86. The lowest BCUT2D eigenvalue weighted by atomic mass is 10.1. The molecule has 0 saturated carbocycles. The molecular weight excluding hydrogens is 284 g/mol. The Morgan fingerprint density at radius 1 is 1.40 bits per heavy atom. The summed E-state index contributed by atoms with van der Waals surface area (Å²) in [6.07, 6.45) is 1.48. The van der Waals surface area contributed by atoms with Crippen molar-refractivity contribution < 1.29 is 9.72 Å². The van der Waals surface area contributed by atoms with Crippen molar-refractivity contribution in [2.75, 3.05) is 11.1 Å². The van der Waals surface area contributed by atoms with E-state index in [4.69, 9.17) is 17.3 Å². The number of carbonyl (C=O) groups is 1. The Hall–Kier alpha value is -2.67. The Morgan fingerprint density at radius 3 is 2.75 bits per heavy atom. The van der Waals surface area contributed by atoms with E-state index in [9.17, 15) is 14.9 Å². The van der Waals surface area contributed by atoms with E-state index in [1.807, 2.05) is 0 Å². The number of nitrogens with zero attached hydrogens (tertiary/aromatic N) is 2. The van der Waals surface area contributed by atoms with Crippen LogP contribution in [0, 0.1) is 10.1 Å². The van der Waals surface area contributed by atoms with Crippen molar-refractivity contribution in [3.8, 4) is 0 Å². The van der Waals surface area contributed by atoms with Crippen LogP contribution in [0.3, 0.4) is 0 Å². The quantitative estimate of drug-likeness (QED) is 0.513. The fraction of sp³-hybridized carbons (Fsp3) is 0. The van der Waals surface area contributed by atoms with Crippen molar-refractivity contribution in [3.05, 3.63) is 57.2 Å². The summed E-state index contributed by atoms with van der Waals surface area (Å²) in [6, 6.07) is 6.91. The molecule has 0 aliphatic carbocycles. The fourth-order valence-electron chi connectivity index (χ4n) is 1.52. The Kier molecular flexibility index (Phi) is 3.81. The first-order valence-electron chi connectivity index (χ1n) is 5.45. The van der Waals surface area contributed by atoms with Gasteiger partial charge in [-0.3, -0.25) is 14.9 Å². The standard InChI is InChI=1S/C12H9ClN4O3/c13-8-2-1-5-15-11(8)16-12(18)7-3-4-10(17(19)20)9(14)6-7/h1-6H,14H2,(H,15,16,18). The number of benzene rings is 1. The Labute approximate surface area is 118 Å². The number of pyridine rings is 1. The average molecular weight is 293 g/mol. The summed E-state index contributed by atoms with van der Waals surface area (Å²) in [5.74, 6) is -0.303. The number of anilines is 2. The van der Waals surface area contributed by atoms with Crippen molar-refractivity contribution in [3.63, 3.8) is 0 Å². The number of nitro groups is 1. The van der Waals surface area contributed by atoms with Gasteiger partial charge in [0.05, 0.1) is 9.95 Å². The van der Waals surface area contributed by atoms with Gasteiger partial charge in [0.25, 0.3) is 11.6 Å². The molecule has 0 fully saturated rings. The minimum atomic E-state index is -0.618. The van der Waals surface area contributed by atoms with E-state index in [2.05, 4.69) is 10.3 Å². The van der Waals surface area contributed by atoms with Gasteiger partial charge >= 0.3 is 0 Å². The predicted molar refractivity (Wildman–Crippen MR) is 74.7 cm³/mol. The zero-order valence-electron chi connectivity index (χ0n) is 10.0. The molecule has 0 aliphatic rings. The van der Waals surface area contributed by atoms with Crippen LogP contribution < -0.4 is 11.1 Å². The third-order valence-electron chi connectivity index (χ3n) is 2.48. The van der Waals surface area contributed by atoms with Gasteiger partial charge in [0.15, 0.2) is 5.82 Å². The van der Waals surface area contributed by atoms with Crippen LogP contribution in [0.5, 0.6) is 0 Å². The maximum absolute atomic E-state index is 12.0. The summed E-state index contributed by atoms with van der Waals surface area (Å²) < 4.78 is 0. The first-order chi connectivity index (χ1) is 9.49. The maximum Gasteiger partial charge on any atom is 0.292 e. The molecule has 0 atom stereocenters. The van der Waals surface area contributed by atoms with Crippen LogP contribution in [0.25, 0.3) is 0 Å². The molecular formula is C12H9ClN4O3. The van der Waals surface area contributed by atoms with Gasteiger partial charge in [0.2, 0.25) is 0 Å². The number of halogens is 1. The predicted octanol–water partition coefficient (Wildman–Crippen LogP) is 2.48. The number of carbonyl (C=O) groups excluding carboxylic acids is 1. The second-order valence-corrected chi connectivity index (χ2v) is 4.23. The topological polar surface area (TPSA) is 111 Å².